The zero-order valence-electron chi connectivity index (χ0n) is 23.3. The molecule has 0 heterocycles. The Bertz CT molecular complexity index is 1120. The number of rotatable bonds is 11. The number of halogens is 2. The summed E-state index contributed by atoms with van der Waals surface area (Å²) in [6, 6.07) is 10.9. The summed E-state index contributed by atoms with van der Waals surface area (Å²) in [7, 11) is 0. The molecule has 0 aromatic heterocycles. The van der Waals surface area contributed by atoms with Crippen LogP contribution in [-0.2, 0) is 27.0 Å². The van der Waals surface area contributed by atoms with Gasteiger partial charge in [-0.2, -0.15) is 0 Å². The maximum Gasteiger partial charge on any atom is 0.217 e. The van der Waals surface area contributed by atoms with Crippen molar-refractivity contribution in [2.24, 2.45) is 5.16 Å². The summed E-state index contributed by atoms with van der Waals surface area (Å²) in [5.74, 6) is -1.76. The first-order valence-electron chi connectivity index (χ1n) is 13.5. The van der Waals surface area contributed by atoms with Gasteiger partial charge in [0.1, 0.15) is 18.2 Å². The van der Waals surface area contributed by atoms with Gasteiger partial charge in [0, 0.05) is 25.1 Å². The van der Waals surface area contributed by atoms with Crippen molar-refractivity contribution in [2.75, 3.05) is 19.8 Å². The Balaban J connectivity index is 1.84. The van der Waals surface area contributed by atoms with E-state index in [0.717, 1.165) is 17.3 Å². The van der Waals surface area contributed by atoms with Crippen molar-refractivity contribution in [3.05, 3.63) is 70.8 Å². The lowest BCUT2D eigenvalue weighted by Crippen LogP contribution is -2.53. The van der Waals surface area contributed by atoms with Crippen LogP contribution in [-0.4, -0.2) is 53.7 Å². The summed E-state index contributed by atoms with van der Waals surface area (Å²) >= 11 is 0. The van der Waals surface area contributed by atoms with Gasteiger partial charge in [0.2, 0.25) is 5.91 Å². The standard InChI is InChI=1S/C30H41F2N3O4/c1-20(37)34-27(16-21-14-24(31)18-25(32)15-21)28(38)19-33-30(10-8-26(9-11-30)35-39-13-12-36)23-7-5-6-22(17-23)29(2,3)4/h5-7,14-15,17-18,27-28,33,36,38H,8-13,16,19H2,1-4H3,(H,34,37)/t27-,28+,30?/m0/s1. The van der Waals surface area contributed by atoms with E-state index in [0.29, 0.717) is 31.2 Å². The maximum absolute atomic E-state index is 13.8. The van der Waals surface area contributed by atoms with Gasteiger partial charge in [-0.1, -0.05) is 50.2 Å². The highest BCUT2D eigenvalue weighted by molar-refractivity contribution is 5.85. The van der Waals surface area contributed by atoms with Crippen LogP contribution in [0.25, 0.3) is 0 Å². The first-order valence-corrected chi connectivity index (χ1v) is 13.5. The molecule has 1 fully saturated rings. The highest BCUT2D eigenvalue weighted by Crippen LogP contribution is 2.38. The fourth-order valence-electron chi connectivity index (χ4n) is 5.05. The molecule has 1 aliphatic rings. The Morgan fingerprint density at radius 2 is 1.79 bits per heavy atom. The molecule has 9 heteroatoms. The summed E-state index contributed by atoms with van der Waals surface area (Å²) in [5.41, 5.74) is 3.03. The van der Waals surface area contributed by atoms with Crippen molar-refractivity contribution in [1.82, 2.24) is 10.6 Å². The lowest BCUT2D eigenvalue weighted by atomic mass is 9.74. The molecule has 7 nitrogen and oxygen atoms in total. The molecule has 1 aliphatic carbocycles. The van der Waals surface area contributed by atoms with E-state index in [9.17, 15) is 18.7 Å². The zero-order valence-corrected chi connectivity index (χ0v) is 23.3. The monoisotopic (exact) mass is 545 g/mol. The molecule has 0 saturated heterocycles. The van der Waals surface area contributed by atoms with Crippen molar-refractivity contribution in [3.8, 4) is 0 Å². The fourth-order valence-corrected chi connectivity index (χ4v) is 5.05. The summed E-state index contributed by atoms with van der Waals surface area (Å²) in [6.45, 7) is 8.02. The number of nitrogens with zero attached hydrogens (tertiary/aromatic N) is 1. The molecule has 2 aromatic carbocycles. The Morgan fingerprint density at radius 3 is 2.38 bits per heavy atom. The number of aliphatic hydroxyl groups excluding tert-OH is 2. The van der Waals surface area contributed by atoms with E-state index in [1.54, 1.807) is 0 Å². The fraction of sp³-hybridized carbons (Fsp3) is 0.533. The molecule has 2 aromatic rings. The first-order chi connectivity index (χ1) is 18.4. The lowest BCUT2D eigenvalue weighted by Gasteiger charge is -2.41. The van der Waals surface area contributed by atoms with E-state index in [2.05, 4.69) is 54.8 Å². The summed E-state index contributed by atoms with van der Waals surface area (Å²) in [4.78, 5) is 17.1. The molecule has 0 bridgehead atoms. The first kappa shape index (κ1) is 30.7. The van der Waals surface area contributed by atoms with Crippen molar-refractivity contribution in [1.29, 1.82) is 0 Å². The third-order valence-corrected chi connectivity index (χ3v) is 7.22. The van der Waals surface area contributed by atoms with Gasteiger partial charge in [0.15, 0.2) is 0 Å². The van der Waals surface area contributed by atoms with Crippen LogP contribution in [0.4, 0.5) is 8.78 Å². The normalized spacial score (nSPS) is 19.3. The molecule has 4 N–H and O–H groups in total. The van der Waals surface area contributed by atoms with Gasteiger partial charge < -0.3 is 25.7 Å². The zero-order chi connectivity index (χ0) is 28.6. The average Bonchev–Trinajstić information content (AvgIpc) is 2.86. The molecule has 3 rings (SSSR count). The molecular weight excluding hydrogens is 504 g/mol. The minimum atomic E-state index is -1.02. The summed E-state index contributed by atoms with van der Waals surface area (Å²) in [6.07, 6.45) is 1.80. The number of nitrogens with one attached hydrogen (secondary N) is 2. The third kappa shape index (κ3) is 8.81. The summed E-state index contributed by atoms with van der Waals surface area (Å²) in [5, 5.41) is 30.7. The van der Waals surface area contributed by atoms with Gasteiger partial charge in [-0.15, -0.1) is 0 Å². The molecule has 1 saturated carbocycles. The van der Waals surface area contributed by atoms with Gasteiger partial charge in [0.05, 0.1) is 24.5 Å². The van der Waals surface area contributed by atoms with E-state index in [1.807, 2.05) is 6.07 Å². The molecule has 1 amide bonds. The average molecular weight is 546 g/mol. The highest BCUT2D eigenvalue weighted by atomic mass is 19.1. The number of benzene rings is 2. The van der Waals surface area contributed by atoms with Gasteiger partial charge in [-0.05, 0) is 66.3 Å². The SMILES string of the molecule is CC(=O)N[C@@H](Cc1cc(F)cc(F)c1)[C@H](O)CNC1(c2cccc(C(C)(C)C)c2)CCC(=NOCCO)CC1. The van der Waals surface area contributed by atoms with Crippen LogP contribution in [0.15, 0.2) is 47.6 Å². The smallest absolute Gasteiger partial charge is 0.217 e. The Morgan fingerprint density at radius 1 is 1.13 bits per heavy atom. The predicted octanol–water partition coefficient (Wildman–Crippen LogP) is 4.09. The highest BCUT2D eigenvalue weighted by Gasteiger charge is 2.37. The summed E-state index contributed by atoms with van der Waals surface area (Å²) < 4.78 is 27.6. The second-order valence-corrected chi connectivity index (χ2v) is 11.4. The minimum Gasteiger partial charge on any atom is -0.393 e. The van der Waals surface area contributed by atoms with E-state index in [1.165, 1.54) is 24.6 Å². The van der Waals surface area contributed by atoms with Crippen molar-refractivity contribution >= 4 is 11.6 Å². The van der Waals surface area contributed by atoms with Gasteiger partial charge >= 0.3 is 0 Å². The van der Waals surface area contributed by atoms with Crippen molar-refractivity contribution < 1.29 is 28.6 Å². The lowest BCUT2D eigenvalue weighted by molar-refractivity contribution is -0.120. The van der Waals surface area contributed by atoms with Crippen LogP contribution in [0.1, 0.15) is 70.1 Å². The second-order valence-electron chi connectivity index (χ2n) is 11.4. The van der Waals surface area contributed by atoms with Crippen molar-refractivity contribution in [2.45, 2.75) is 82.9 Å². The number of oxime groups is 1. The van der Waals surface area contributed by atoms with Gasteiger partial charge in [-0.25, -0.2) is 8.78 Å². The molecule has 39 heavy (non-hydrogen) atoms. The van der Waals surface area contributed by atoms with Crippen LogP contribution in [0.2, 0.25) is 0 Å². The van der Waals surface area contributed by atoms with E-state index in [4.69, 9.17) is 9.94 Å². The van der Waals surface area contributed by atoms with Crippen LogP contribution in [0.5, 0.6) is 0 Å². The van der Waals surface area contributed by atoms with Gasteiger partial charge in [-0.3, -0.25) is 4.79 Å². The van der Waals surface area contributed by atoms with Crippen LogP contribution in [0.3, 0.4) is 0 Å². The third-order valence-electron chi connectivity index (χ3n) is 7.22. The maximum atomic E-state index is 13.8. The minimum absolute atomic E-state index is 0.0487. The van der Waals surface area contributed by atoms with E-state index < -0.39 is 29.3 Å². The molecule has 2 atom stereocenters. The number of carbonyl (C=O) groups is 1. The number of amides is 1. The molecular formula is C30H41F2N3O4. The van der Waals surface area contributed by atoms with Gasteiger partial charge in [0.25, 0.3) is 0 Å². The Kier molecular flexibility index (Phi) is 10.6. The van der Waals surface area contributed by atoms with E-state index in [-0.39, 0.29) is 37.5 Å². The molecule has 0 radical (unpaired) electrons. The van der Waals surface area contributed by atoms with Crippen LogP contribution >= 0.6 is 0 Å². The quantitative estimate of drug-likeness (QED) is 0.252. The number of hydrogen-bond acceptors (Lipinski definition) is 6. The second kappa shape index (κ2) is 13.5. The molecule has 0 spiro atoms. The molecule has 214 valence electrons. The van der Waals surface area contributed by atoms with Crippen LogP contribution < -0.4 is 10.6 Å². The van der Waals surface area contributed by atoms with Crippen LogP contribution in [0, 0.1) is 11.6 Å². The number of aliphatic hydroxyl groups is 2. The number of hydrogen-bond donors (Lipinski definition) is 4. The Labute approximate surface area is 229 Å². The Hall–Kier alpha value is -2.88. The topological polar surface area (TPSA) is 103 Å². The van der Waals surface area contributed by atoms with Crippen molar-refractivity contribution in [3.63, 3.8) is 0 Å². The van der Waals surface area contributed by atoms with E-state index >= 15 is 0 Å². The predicted molar refractivity (Wildman–Crippen MR) is 147 cm³/mol. The number of carbonyl (C=O) groups excluding carboxylic acids is 1. The molecule has 0 unspecified atom stereocenters. The molecule has 0 aliphatic heterocycles. The largest absolute Gasteiger partial charge is 0.393 e.